The van der Waals surface area contributed by atoms with Crippen LogP contribution in [0.5, 0.6) is 5.75 Å². The Kier molecular flexibility index (Phi) is 5.96. The van der Waals surface area contributed by atoms with Crippen LogP contribution in [0.25, 0.3) is 16.9 Å². The second kappa shape index (κ2) is 8.22. The van der Waals surface area contributed by atoms with Crippen molar-refractivity contribution in [3.63, 3.8) is 0 Å². The number of ether oxygens (including phenoxy) is 1. The van der Waals surface area contributed by atoms with Crippen LogP contribution in [-0.4, -0.2) is 21.7 Å². The number of imidazole rings is 1. The van der Waals surface area contributed by atoms with Gasteiger partial charge in [-0.2, -0.15) is 0 Å². The predicted molar refractivity (Wildman–Crippen MR) is 104 cm³/mol. The summed E-state index contributed by atoms with van der Waals surface area (Å²) < 4.78 is 43.9. The van der Waals surface area contributed by atoms with E-state index in [-0.39, 0.29) is 5.75 Å². The highest BCUT2D eigenvalue weighted by Crippen LogP contribution is 2.32. The highest BCUT2D eigenvalue weighted by molar-refractivity contribution is 9.10. The molecule has 0 N–H and O–H groups in total. The molecule has 3 rings (SSSR count). The van der Waals surface area contributed by atoms with Gasteiger partial charge in [-0.25, -0.2) is 4.98 Å². The Morgan fingerprint density at radius 3 is 2.37 bits per heavy atom. The number of halogens is 4. The Morgan fingerprint density at radius 2 is 1.78 bits per heavy atom. The molecule has 0 aliphatic rings. The van der Waals surface area contributed by atoms with Gasteiger partial charge in [-0.1, -0.05) is 45.9 Å². The van der Waals surface area contributed by atoms with Gasteiger partial charge in [0.1, 0.15) is 5.75 Å². The SMILES string of the molecule is C=CCSc1ncc(-c2ccc(Br)cc2)n1-c1ccc(OC(F)(F)F)cc1. The van der Waals surface area contributed by atoms with Crippen LogP contribution in [-0.2, 0) is 0 Å². The van der Waals surface area contributed by atoms with Gasteiger partial charge in [0, 0.05) is 21.5 Å². The smallest absolute Gasteiger partial charge is 0.406 e. The van der Waals surface area contributed by atoms with Gasteiger partial charge in [-0.05, 0) is 36.4 Å². The second-order valence-electron chi connectivity index (χ2n) is 5.41. The molecule has 0 saturated carbocycles. The first kappa shape index (κ1) is 19.6. The second-order valence-corrected chi connectivity index (χ2v) is 7.31. The minimum absolute atomic E-state index is 0.267. The van der Waals surface area contributed by atoms with E-state index in [1.54, 1.807) is 24.4 Å². The number of alkyl halides is 3. The van der Waals surface area contributed by atoms with Gasteiger partial charge in [0.25, 0.3) is 0 Å². The molecule has 0 fully saturated rings. The van der Waals surface area contributed by atoms with Crippen LogP contribution in [0.1, 0.15) is 0 Å². The molecule has 140 valence electrons. The molecule has 0 amide bonds. The first-order valence-electron chi connectivity index (χ1n) is 7.81. The number of thioether (sulfide) groups is 1. The summed E-state index contributed by atoms with van der Waals surface area (Å²) in [6.07, 6.45) is -1.21. The molecule has 0 saturated heterocycles. The molecule has 3 aromatic rings. The van der Waals surface area contributed by atoms with Crippen LogP contribution in [0, 0.1) is 0 Å². The third-order valence-corrected chi connectivity index (χ3v) is 5.01. The van der Waals surface area contributed by atoms with E-state index in [2.05, 4.69) is 32.2 Å². The monoisotopic (exact) mass is 454 g/mol. The molecule has 0 unspecified atom stereocenters. The van der Waals surface area contributed by atoms with Gasteiger partial charge in [-0.3, -0.25) is 4.57 Å². The predicted octanol–water partition coefficient (Wildman–Crippen LogP) is 6.48. The van der Waals surface area contributed by atoms with Crippen molar-refractivity contribution >= 4 is 27.7 Å². The summed E-state index contributed by atoms with van der Waals surface area (Å²) in [5.41, 5.74) is 2.46. The van der Waals surface area contributed by atoms with Gasteiger partial charge in [0.2, 0.25) is 0 Å². The lowest BCUT2D eigenvalue weighted by Gasteiger charge is -2.13. The van der Waals surface area contributed by atoms with E-state index in [0.29, 0.717) is 11.4 Å². The fourth-order valence-corrected chi connectivity index (χ4v) is 3.43. The van der Waals surface area contributed by atoms with Crippen LogP contribution in [0.4, 0.5) is 13.2 Å². The molecule has 27 heavy (non-hydrogen) atoms. The highest BCUT2D eigenvalue weighted by Gasteiger charge is 2.31. The van der Waals surface area contributed by atoms with Crippen molar-refractivity contribution in [3.05, 3.63) is 71.9 Å². The maximum atomic E-state index is 12.4. The molecule has 1 heterocycles. The molecule has 3 nitrogen and oxygen atoms in total. The van der Waals surface area contributed by atoms with Crippen LogP contribution in [0.15, 0.2) is 77.0 Å². The molecule has 8 heteroatoms. The third-order valence-electron chi connectivity index (χ3n) is 3.53. The zero-order chi connectivity index (χ0) is 19.4. The molecular formula is C19H14BrF3N2OS. The Hall–Kier alpha value is -2.19. The van der Waals surface area contributed by atoms with Crippen molar-refractivity contribution in [2.45, 2.75) is 11.5 Å². The molecule has 0 radical (unpaired) electrons. The summed E-state index contributed by atoms with van der Waals surface area (Å²) in [5.74, 6) is 0.392. The lowest BCUT2D eigenvalue weighted by Crippen LogP contribution is -2.17. The fourth-order valence-electron chi connectivity index (χ4n) is 2.44. The zero-order valence-corrected chi connectivity index (χ0v) is 16.3. The zero-order valence-electron chi connectivity index (χ0n) is 13.9. The van der Waals surface area contributed by atoms with Crippen molar-refractivity contribution in [2.75, 3.05) is 5.75 Å². The highest BCUT2D eigenvalue weighted by atomic mass is 79.9. The van der Waals surface area contributed by atoms with E-state index >= 15 is 0 Å². The van der Waals surface area contributed by atoms with E-state index < -0.39 is 6.36 Å². The average molecular weight is 455 g/mol. The van der Waals surface area contributed by atoms with E-state index in [4.69, 9.17) is 0 Å². The van der Waals surface area contributed by atoms with Crippen molar-refractivity contribution < 1.29 is 17.9 Å². The molecule has 0 aliphatic carbocycles. The number of benzene rings is 2. The summed E-state index contributed by atoms with van der Waals surface area (Å²) in [7, 11) is 0. The van der Waals surface area contributed by atoms with Crippen molar-refractivity contribution in [2.24, 2.45) is 0 Å². The number of hydrogen-bond donors (Lipinski definition) is 0. The first-order chi connectivity index (χ1) is 12.9. The van der Waals surface area contributed by atoms with Crippen molar-refractivity contribution in [1.29, 1.82) is 0 Å². The van der Waals surface area contributed by atoms with E-state index in [9.17, 15) is 13.2 Å². The summed E-state index contributed by atoms with van der Waals surface area (Å²) in [6, 6.07) is 13.5. The standard InChI is InChI=1S/C19H14BrF3N2OS/c1-2-11-27-18-24-12-17(13-3-5-14(20)6-4-13)25(18)15-7-9-16(10-8-15)26-19(21,22)23/h2-10,12H,1,11H2. The first-order valence-corrected chi connectivity index (χ1v) is 9.59. The maximum Gasteiger partial charge on any atom is 0.573 e. The van der Waals surface area contributed by atoms with Crippen LogP contribution >= 0.6 is 27.7 Å². The van der Waals surface area contributed by atoms with Crippen molar-refractivity contribution in [3.8, 4) is 22.7 Å². The fraction of sp³-hybridized carbons (Fsp3) is 0.105. The lowest BCUT2D eigenvalue weighted by molar-refractivity contribution is -0.274. The van der Waals surface area contributed by atoms with Crippen LogP contribution < -0.4 is 4.74 Å². The lowest BCUT2D eigenvalue weighted by atomic mass is 10.1. The third kappa shape index (κ3) is 4.95. The number of nitrogens with zero attached hydrogens (tertiary/aromatic N) is 2. The van der Waals surface area contributed by atoms with Crippen LogP contribution in [0.2, 0.25) is 0 Å². The largest absolute Gasteiger partial charge is 0.573 e. The molecular weight excluding hydrogens is 441 g/mol. The average Bonchev–Trinajstić information content (AvgIpc) is 3.04. The molecule has 2 aromatic carbocycles. The van der Waals surface area contributed by atoms with Gasteiger partial charge < -0.3 is 4.74 Å². The van der Waals surface area contributed by atoms with Crippen LogP contribution in [0.3, 0.4) is 0 Å². The number of hydrogen-bond acceptors (Lipinski definition) is 3. The van der Waals surface area contributed by atoms with E-state index in [1.807, 2.05) is 28.8 Å². The minimum Gasteiger partial charge on any atom is -0.406 e. The molecule has 0 aliphatic heterocycles. The summed E-state index contributed by atoms with van der Waals surface area (Å²) in [6.45, 7) is 3.71. The van der Waals surface area contributed by atoms with Crippen molar-refractivity contribution in [1.82, 2.24) is 9.55 Å². The quantitative estimate of drug-likeness (QED) is 0.315. The van der Waals surface area contributed by atoms with Gasteiger partial charge in [-0.15, -0.1) is 19.8 Å². The molecule has 1 aromatic heterocycles. The summed E-state index contributed by atoms with van der Waals surface area (Å²) >= 11 is 4.90. The number of aromatic nitrogens is 2. The summed E-state index contributed by atoms with van der Waals surface area (Å²) in [5, 5.41) is 0.720. The maximum absolute atomic E-state index is 12.4. The summed E-state index contributed by atoms with van der Waals surface area (Å²) in [4.78, 5) is 4.47. The van der Waals surface area contributed by atoms with E-state index in [1.165, 1.54) is 23.9 Å². The van der Waals surface area contributed by atoms with E-state index in [0.717, 1.165) is 20.9 Å². The Labute approximate surface area is 167 Å². The minimum atomic E-state index is -4.72. The number of rotatable bonds is 6. The van der Waals surface area contributed by atoms with Gasteiger partial charge in [0.05, 0.1) is 11.9 Å². The Balaban J connectivity index is 2.02. The molecule has 0 bridgehead atoms. The van der Waals surface area contributed by atoms with Gasteiger partial charge in [0.15, 0.2) is 5.16 Å². The Morgan fingerprint density at radius 1 is 1.11 bits per heavy atom. The Bertz CT molecular complexity index is 922. The molecule has 0 atom stereocenters. The van der Waals surface area contributed by atoms with Gasteiger partial charge >= 0.3 is 6.36 Å². The topological polar surface area (TPSA) is 27.1 Å². The normalized spacial score (nSPS) is 11.4. The molecule has 0 spiro atoms.